The molecule has 0 spiro atoms. The summed E-state index contributed by atoms with van der Waals surface area (Å²) in [6.45, 7) is 1.44. The molecule has 0 N–H and O–H groups in total. The molecular formula is C16H20N4O2S. The molecule has 0 unspecified atom stereocenters. The quantitative estimate of drug-likeness (QED) is 0.856. The predicted octanol–water partition coefficient (Wildman–Crippen LogP) is 1.76. The standard InChI is InChI=1S/C16H20N4O2S/c1-22-7-6-14-17-18-15-9-11-4-5-12(10-19(14)15)20(11)16(21)13-3-2-8-23-13/h2-3,8,11-12H,4-7,9-10H2,1H3/t11-,12+/m0/s1. The number of nitrogens with zero attached hydrogens (tertiary/aromatic N) is 4. The van der Waals surface area contributed by atoms with E-state index in [-0.39, 0.29) is 18.0 Å². The Labute approximate surface area is 139 Å². The molecule has 2 aromatic rings. The summed E-state index contributed by atoms with van der Waals surface area (Å²) in [7, 11) is 1.70. The topological polar surface area (TPSA) is 60.3 Å². The molecule has 1 fully saturated rings. The number of amides is 1. The zero-order valence-corrected chi connectivity index (χ0v) is 14.0. The van der Waals surface area contributed by atoms with Crippen molar-refractivity contribution in [1.82, 2.24) is 19.7 Å². The van der Waals surface area contributed by atoms with Crippen LogP contribution in [-0.2, 0) is 24.1 Å². The van der Waals surface area contributed by atoms with E-state index in [1.807, 2.05) is 17.5 Å². The van der Waals surface area contributed by atoms with E-state index in [0.717, 1.165) is 48.8 Å². The lowest BCUT2D eigenvalue weighted by molar-refractivity contribution is 0.0670. The maximum Gasteiger partial charge on any atom is 0.264 e. The van der Waals surface area contributed by atoms with Crippen molar-refractivity contribution in [2.24, 2.45) is 0 Å². The molecule has 2 atom stereocenters. The minimum absolute atomic E-state index is 0.171. The third kappa shape index (κ3) is 2.57. The minimum Gasteiger partial charge on any atom is -0.384 e. The Morgan fingerprint density at radius 1 is 1.39 bits per heavy atom. The zero-order chi connectivity index (χ0) is 15.8. The van der Waals surface area contributed by atoms with Gasteiger partial charge in [-0.3, -0.25) is 4.79 Å². The first-order valence-corrected chi connectivity index (χ1v) is 8.92. The van der Waals surface area contributed by atoms with Crippen LogP contribution in [0.25, 0.3) is 0 Å². The molecule has 2 aliphatic rings. The van der Waals surface area contributed by atoms with Crippen molar-refractivity contribution in [2.75, 3.05) is 13.7 Å². The molecule has 0 aliphatic carbocycles. The number of rotatable bonds is 4. The number of carbonyl (C=O) groups excluding carboxylic acids is 1. The van der Waals surface area contributed by atoms with Gasteiger partial charge in [-0.05, 0) is 24.3 Å². The van der Waals surface area contributed by atoms with Gasteiger partial charge < -0.3 is 14.2 Å². The van der Waals surface area contributed by atoms with Gasteiger partial charge >= 0.3 is 0 Å². The average Bonchev–Trinajstić information content (AvgIpc) is 3.25. The van der Waals surface area contributed by atoms with Crippen LogP contribution in [0.1, 0.15) is 34.2 Å². The van der Waals surface area contributed by atoms with E-state index in [0.29, 0.717) is 6.61 Å². The van der Waals surface area contributed by atoms with Gasteiger partial charge in [0, 0.05) is 32.5 Å². The van der Waals surface area contributed by atoms with Crippen LogP contribution in [0.2, 0.25) is 0 Å². The van der Waals surface area contributed by atoms with Crippen LogP contribution in [0.3, 0.4) is 0 Å². The zero-order valence-electron chi connectivity index (χ0n) is 13.1. The molecule has 4 rings (SSSR count). The predicted molar refractivity (Wildman–Crippen MR) is 86.6 cm³/mol. The van der Waals surface area contributed by atoms with E-state index in [1.54, 1.807) is 7.11 Å². The lowest BCUT2D eigenvalue weighted by atomic mass is 10.1. The number of carbonyl (C=O) groups is 1. The number of thiophene rings is 1. The fourth-order valence-electron chi connectivity index (χ4n) is 3.73. The van der Waals surface area contributed by atoms with Gasteiger partial charge in [0.05, 0.1) is 17.5 Å². The van der Waals surface area contributed by atoms with Crippen molar-refractivity contribution >= 4 is 17.2 Å². The van der Waals surface area contributed by atoms with E-state index < -0.39 is 0 Å². The number of aromatic nitrogens is 3. The monoisotopic (exact) mass is 332 g/mol. The molecule has 1 amide bonds. The van der Waals surface area contributed by atoms with Crippen LogP contribution in [0.15, 0.2) is 17.5 Å². The van der Waals surface area contributed by atoms with Crippen molar-refractivity contribution in [3.63, 3.8) is 0 Å². The van der Waals surface area contributed by atoms with Gasteiger partial charge in [0.15, 0.2) is 0 Å². The smallest absolute Gasteiger partial charge is 0.264 e. The second-order valence-corrected chi connectivity index (χ2v) is 7.11. The van der Waals surface area contributed by atoms with Crippen LogP contribution >= 0.6 is 11.3 Å². The lowest BCUT2D eigenvalue weighted by Gasteiger charge is -2.27. The first-order chi connectivity index (χ1) is 11.3. The van der Waals surface area contributed by atoms with E-state index in [1.165, 1.54) is 11.3 Å². The first kappa shape index (κ1) is 14.8. The fourth-order valence-corrected chi connectivity index (χ4v) is 4.40. The highest BCUT2D eigenvalue weighted by molar-refractivity contribution is 7.12. The van der Waals surface area contributed by atoms with Gasteiger partial charge in [-0.15, -0.1) is 21.5 Å². The Hall–Kier alpha value is -1.73. The highest BCUT2D eigenvalue weighted by atomic mass is 32.1. The lowest BCUT2D eigenvalue weighted by Crippen LogP contribution is -2.41. The van der Waals surface area contributed by atoms with Crippen LogP contribution in [-0.4, -0.2) is 51.4 Å². The molecule has 2 bridgehead atoms. The number of hydrogen-bond donors (Lipinski definition) is 0. The Balaban J connectivity index is 1.61. The van der Waals surface area contributed by atoms with Gasteiger partial charge in [-0.1, -0.05) is 6.07 Å². The normalized spacial score (nSPS) is 22.9. The summed E-state index contributed by atoms with van der Waals surface area (Å²) in [4.78, 5) is 15.8. The van der Waals surface area contributed by atoms with E-state index in [2.05, 4.69) is 19.7 Å². The van der Waals surface area contributed by atoms with Crippen molar-refractivity contribution in [2.45, 2.75) is 44.3 Å². The molecule has 0 radical (unpaired) electrons. The second-order valence-electron chi connectivity index (χ2n) is 6.16. The molecule has 6 nitrogen and oxygen atoms in total. The Bertz CT molecular complexity index is 697. The van der Waals surface area contributed by atoms with Gasteiger partial charge in [0.1, 0.15) is 11.6 Å². The Morgan fingerprint density at radius 3 is 3.04 bits per heavy atom. The summed E-state index contributed by atoms with van der Waals surface area (Å²) in [5, 5.41) is 10.7. The van der Waals surface area contributed by atoms with Crippen molar-refractivity contribution in [3.8, 4) is 0 Å². The Kier molecular flexibility index (Phi) is 3.90. The van der Waals surface area contributed by atoms with Crippen molar-refractivity contribution in [1.29, 1.82) is 0 Å². The van der Waals surface area contributed by atoms with Crippen molar-refractivity contribution in [3.05, 3.63) is 34.0 Å². The third-order valence-corrected chi connectivity index (χ3v) is 5.69. The molecule has 4 heterocycles. The van der Waals surface area contributed by atoms with Gasteiger partial charge in [0.2, 0.25) is 0 Å². The molecular weight excluding hydrogens is 312 g/mol. The van der Waals surface area contributed by atoms with E-state index in [9.17, 15) is 4.79 Å². The third-order valence-electron chi connectivity index (χ3n) is 4.83. The highest BCUT2D eigenvalue weighted by Crippen LogP contribution is 2.33. The van der Waals surface area contributed by atoms with Crippen LogP contribution < -0.4 is 0 Å². The average molecular weight is 332 g/mol. The molecule has 0 saturated carbocycles. The summed E-state index contributed by atoms with van der Waals surface area (Å²) in [6, 6.07) is 4.35. The first-order valence-electron chi connectivity index (χ1n) is 8.04. The summed E-state index contributed by atoms with van der Waals surface area (Å²) in [5.41, 5.74) is 0. The number of methoxy groups -OCH3 is 1. The van der Waals surface area contributed by atoms with Crippen molar-refractivity contribution < 1.29 is 9.53 Å². The summed E-state index contributed by atoms with van der Waals surface area (Å²) in [5.74, 6) is 2.15. The summed E-state index contributed by atoms with van der Waals surface area (Å²) < 4.78 is 7.37. The highest BCUT2D eigenvalue weighted by Gasteiger charge is 2.41. The number of ether oxygens (including phenoxy) is 1. The second kappa shape index (κ2) is 6.05. The molecule has 0 aromatic carbocycles. The molecule has 7 heteroatoms. The maximum atomic E-state index is 12.9. The number of hydrogen-bond acceptors (Lipinski definition) is 5. The summed E-state index contributed by atoms with van der Waals surface area (Å²) in [6.07, 6.45) is 3.68. The van der Waals surface area contributed by atoms with Crippen LogP contribution in [0, 0.1) is 0 Å². The maximum absolute atomic E-state index is 12.9. The molecule has 2 aliphatic heterocycles. The fraction of sp³-hybridized carbons (Fsp3) is 0.562. The molecule has 23 heavy (non-hydrogen) atoms. The van der Waals surface area contributed by atoms with Crippen LogP contribution in [0.4, 0.5) is 0 Å². The van der Waals surface area contributed by atoms with Gasteiger partial charge in [-0.2, -0.15) is 0 Å². The number of fused-ring (bicyclic) bond motifs is 3. The molecule has 122 valence electrons. The Morgan fingerprint density at radius 2 is 2.26 bits per heavy atom. The minimum atomic E-state index is 0.171. The van der Waals surface area contributed by atoms with E-state index in [4.69, 9.17) is 4.74 Å². The SMILES string of the molecule is COCCc1nnc2n1C[C@H]1CC[C@@H](C2)N1C(=O)c1cccs1. The van der Waals surface area contributed by atoms with Gasteiger partial charge in [0.25, 0.3) is 5.91 Å². The van der Waals surface area contributed by atoms with Gasteiger partial charge in [-0.25, -0.2) is 0 Å². The van der Waals surface area contributed by atoms with Crippen LogP contribution in [0.5, 0.6) is 0 Å². The summed E-state index contributed by atoms with van der Waals surface area (Å²) >= 11 is 1.52. The molecule has 2 aromatic heterocycles. The van der Waals surface area contributed by atoms with E-state index >= 15 is 0 Å². The molecule has 1 saturated heterocycles. The largest absolute Gasteiger partial charge is 0.384 e.